The van der Waals surface area contributed by atoms with E-state index in [0.29, 0.717) is 16.5 Å². The maximum Gasteiger partial charge on any atom is 0.339 e. The van der Waals surface area contributed by atoms with Crippen molar-refractivity contribution in [2.75, 3.05) is 12.4 Å². The maximum absolute atomic E-state index is 12.6. The molecular formula is C18H18ClNO3S. The second kappa shape index (κ2) is 8.22. The number of methoxy groups -OCH3 is 1. The molecule has 126 valence electrons. The van der Waals surface area contributed by atoms with Crippen molar-refractivity contribution in [1.29, 1.82) is 0 Å². The number of benzene rings is 2. The van der Waals surface area contributed by atoms with Crippen molar-refractivity contribution in [3.05, 3.63) is 58.6 Å². The summed E-state index contributed by atoms with van der Waals surface area (Å²) in [5, 5.41) is 3.43. The molecule has 0 aliphatic rings. The van der Waals surface area contributed by atoms with Crippen LogP contribution in [0, 0.1) is 0 Å². The van der Waals surface area contributed by atoms with Gasteiger partial charge in [-0.1, -0.05) is 37.6 Å². The maximum atomic E-state index is 12.6. The van der Waals surface area contributed by atoms with Crippen molar-refractivity contribution < 1.29 is 14.3 Å². The molecule has 0 saturated carbocycles. The van der Waals surface area contributed by atoms with Gasteiger partial charge in [-0.3, -0.25) is 4.79 Å². The topological polar surface area (TPSA) is 55.4 Å². The van der Waals surface area contributed by atoms with Crippen LogP contribution in [0.4, 0.5) is 5.69 Å². The molecular weight excluding hydrogens is 346 g/mol. The lowest BCUT2D eigenvalue weighted by Crippen LogP contribution is -2.14. The number of carbonyl (C=O) groups excluding carboxylic acids is 2. The molecule has 0 aliphatic carbocycles. The van der Waals surface area contributed by atoms with E-state index < -0.39 is 5.97 Å². The fraction of sp³-hybridized carbons (Fsp3) is 0.222. The molecule has 1 amide bonds. The van der Waals surface area contributed by atoms with E-state index in [2.05, 4.69) is 23.9 Å². The fourth-order valence-corrected chi connectivity index (χ4v) is 3.23. The average molecular weight is 364 g/mol. The molecule has 0 aromatic heterocycles. The number of rotatable bonds is 5. The number of hydrogen-bond donors (Lipinski definition) is 1. The van der Waals surface area contributed by atoms with Gasteiger partial charge in [0.2, 0.25) is 0 Å². The van der Waals surface area contributed by atoms with E-state index in [1.807, 2.05) is 18.2 Å². The Morgan fingerprint density at radius 1 is 1.12 bits per heavy atom. The van der Waals surface area contributed by atoms with Crippen LogP contribution in [0.1, 0.15) is 34.6 Å². The second-order valence-corrected chi connectivity index (χ2v) is 7.33. The second-order valence-electron chi connectivity index (χ2n) is 5.30. The van der Waals surface area contributed by atoms with Gasteiger partial charge < -0.3 is 10.1 Å². The third-order valence-corrected chi connectivity index (χ3v) is 4.53. The summed E-state index contributed by atoms with van der Waals surface area (Å²) in [4.78, 5) is 25.2. The van der Waals surface area contributed by atoms with Gasteiger partial charge >= 0.3 is 5.97 Å². The van der Waals surface area contributed by atoms with Crippen LogP contribution in [-0.2, 0) is 4.74 Å². The van der Waals surface area contributed by atoms with E-state index in [4.69, 9.17) is 11.6 Å². The highest BCUT2D eigenvalue weighted by molar-refractivity contribution is 8.00. The normalized spacial score (nSPS) is 10.5. The number of esters is 1. The molecule has 0 unspecified atom stereocenters. The summed E-state index contributed by atoms with van der Waals surface area (Å²) in [6.07, 6.45) is 0. The molecule has 2 aromatic carbocycles. The van der Waals surface area contributed by atoms with Gasteiger partial charge in [0.15, 0.2) is 0 Å². The molecule has 6 heteroatoms. The van der Waals surface area contributed by atoms with Gasteiger partial charge in [0, 0.05) is 15.8 Å². The predicted molar refractivity (Wildman–Crippen MR) is 98.2 cm³/mol. The summed E-state index contributed by atoms with van der Waals surface area (Å²) >= 11 is 7.61. The van der Waals surface area contributed by atoms with Crippen LogP contribution >= 0.6 is 23.4 Å². The number of nitrogens with one attached hydrogen (secondary N) is 1. The van der Waals surface area contributed by atoms with Gasteiger partial charge in [-0.15, -0.1) is 11.8 Å². The number of ether oxygens (including phenoxy) is 1. The minimum atomic E-state index is -0.549. The first-order chi connectivity index (χ1) is 11.4. The van der Waals surface area contributed by atoms with Crippen LogP contribution in [0.3, 0.4) is 0 Å². The number of hydrogen-bond acceptors (Lipinski definition) is 4. The van der Waals surface area contributed by atoms with E-state index in [1.54, 1.807) is 30.0 Å². The molecule has 0 spiro atoms. The average Bonchev–Trinajstić information content (AvgIpc) is 2.55. The molecule has 0 radical (unpaired) electrons. The van der Waals surface area contributed by atoms with Crippen LogP contribution in [0.15, 0.2) is 47.4 Å². The minimum absolute atomic E-state index is 0.210. The first kappa shape index (κ1) is 18.4. The SMILES string of the molecule is COC(=O)c1cc(NC(=O)c2ccccc2SC(C)C)ccc1Cl. The Balaban J connectivity index is 2.26. The van der Waals surface area contributed by atoms with Crippen LogP contribution in [0.25, 0.3) is 0 Å². The van der Waals surface area contributed by atoms with Crippen LogP contribution in [-0.4, -0.2) is 24.2 Å². The summed E-state index contributed by atoms with van der Waals surface area (Å²) in [6.45, 7) is 4.14. The number of thioether (sulfide) groups is 1. The summed E-state index contributed by atoms with van der Waals surface area (Å²) in [6, 6.07) is 12.1. The van der Waals surface area contributed by atoms with Gasteiger partial charge in [-0.25, -0.2) is 4.79 Å². The number of anilines is 1. The van der Waals surface area contributed by atoms with Crippen molar-refractivity contribution in [1.82, 2.24) is 0 Å². The first-order valence-corrected chi connectivity index (χ1v) is 8.63. The first-order valence-electron chi connectivity index (χ1n) is 7.37. The summed E-state index contributed by atoms with van der Waals surface area (Å²) < 4.78 is 4.69. The third kappa shape index (κ3) is 4.52. The molecule has 2 aromatic rings. The Morgan fingerprint density at radius 3 is 2.50 bits per heavy atom. The molecule has 0 saturated heterocycles. The Hall–Kier alpha value is -1.98. The van der Waals surface area contributed by atoms with E-state index in [9.17, 15) is 9.59 Å². The third-order valence-electron chi connectivity index (χ3n) is 3.12. The largest absolute Gasteiger partial charge is 0.465 e. The monoisotopic (exact) mass is 363 g/mol. The lowest BCUT2D eigenvalue weighted by molar-refractivity contribution is 0.0600. The summed E-state index contributed by atoms with van der Waals surface area (Å²) in [7, 11) is 1.28. The zero-order valence-corrected chi connectivity index (χ0v) is 15.2. The zero-order chi connectivity index (χ0) is 17.7. The molecule has 0 bridgehead atoms. The molecule has 0 heterocycles. The Labute approximate surface area is 150 Å². The molecule has 0 fully saturated rings. The quantitative estimate of drug-likeness (QED) is 0.607. The lowest BCUT2D eigenvalue weighted by Gasteiger charge is -2.12. The highest BCUT2D eigenvalue weighted by Crippen LogP contribution is 2.28. The van der Waals surface area contributed by atoms with E-state index in [1.165, 1.54) is 13.2 Å². The van der Waals surface area contributed by atoms with E-state index >= 15 is 0 Å². The Bertz CT molecular complexity index is 762. The van der Waals surface area contributed by atoms with Gasteiger partial charge in [-0.2, -0.15) is 0 Å². The van der Waals surface area contributed by atoms with E-state index in [-0.39, 0.29) is 16.5 Å². The minimum Gasteiger partial charge on any atom is -0.465 e. The Kier molecular flexibility index (Phi) is 6.29. The van der Waals surface area contributed by atoms with Gasteiger partial charge in [0.25, 0.3) is 5.91 Å². The zero-order valence-electron chi connectivity index (χ0n) is 13.6. The van der Waals surface area contributed by atoms with Crippen molar-refractivity contribution in [3.8, 4) is 0 Å². The highest BCUT2D eigenvalue weighted by atomic mass is 35.5. The summed E-state index contributed by atoms with van der Waals surface area (Å²) in [5.41, 5.74) is 1.28. The fourth-order valence-electron chi connectivity index (χ4n) is 2.08. The highest BCUT2D eigenvalue weighted by Gasteiger charge is 2.15. The lowest BCUT2D eigenvalue weighted by atomic mass is 10.1. The van der Waals surface area contributed by atoms with Crippen molar-refractivity contribution in [2.45, 2.75) is 24.0 Å². The Morgan fingerprint density at radius 2 is 1.83 bits per heavy atom. The number of amides is 1. The molecule has 0 aliphatic heterocycles. The van der Waals surface area contributed by atoms with Gasteiger partial charge in [0.05, 0.1) is 23.3 Å². The number of halogens is 1. The standard InChI is InChI=1S/C18H18ClNO3S/c1-11(2)24-16-7-5-4-6-13(16)17(21)20-12-8-9-15(19)14(10-12)18(22)23-3/h4-11H,1-3H3,(H,20,21). The van der Waals surface area contributed by atoms with Gasteiger partial charge in [-0.05, 0) is 30.3 Å². The van der Waals surface area contributed by atoms with E-state index in [0.717, 1.165) is 4.90 Å². The van der Waals surface area contributed by atoms with Crippen LogP contribution in [0.2, 0.25) is 5.02 Å². The van der Waals surface area contributed by atoms with Crippen molar-refractivity contribution >= 4 is 40.9 Å². The number of carbonyl (C=O) groups is 2. The molecule has 4 nitrogen and oxygen atoms in total. The molecule has 1 N–H and O–H groups in total. The van der Waals surface area contributed by atoms with Crippen molar-refractivity contribution in [3.63, 3.8) is 0 Å². The molecule has 24 heavy (non-hydrogen) atoms. The van der Waals surface area contributed by atoms with Crippen LogP contribution in [0.5, 0.6) is 0 Å². The smallest absolute Gasteiger partial charge is 0.339 e. The van der Waals surface area contributed by atoms with Crippen molar-refractivity contribution in [2.24, 2.45) is 0 Å². The molecule has 0 atom stereocenters. The predicted octanol–water partition coefficient (Wildman–Crippen LogP) is 4.88. The van der Waals surface area contributed by atoms with Crippen LogP contribution < -0.4 is 5.32 Å². The molecule has 2 rings (SSSR count). The summed E-state index contributed by atoms with van der Waals surface area (Å²) in [5.74, 6) is -0.788. The van der Waals surface area contributed by atoms with Gasteiger partial charge in [0.1, 0.15) is 0 Å².